The minimum Gasteiger partial charge on any atom is -0.454 e. The Hall–Kier alpha value is -3.20. The molecule has 2 aromatic carbocycles. The number of hydrogen-bond acceptors (Lipinski definition) is 6. The second kappa shape index (κ2) is 10.8. The third-order valence-electron chi connectivity index (χ3n) is 5.13. The Morgan fingerprint density at radius 2 is 1.50 bits per heavy atom. The molecule has 0 radical (unpaired) electrons. The Morgan fingerprint density at radius 1 is 0.941 bits per heavy atom. The van der Waals surface area contributed by atoms with Crippen LogP contribution in [0.2, 0.25) is 0 Å². The number of rotatable bonds is 8. The van der Waals surface area contributed by atoms with Gasteiger partial charge in [0, 0.05) is 17.5 Å². The van der Waals surface area contributed by atoms with E-state index in [-0.39, 0.29) is 16.2 Å². The largest absolute Gasteiger partial charge is 0.454 e. The van der Waals surface area contributed by atoms with Crippen molar-refractivity contribution in [3.8, 4) is 0 Å². The Labute approximate surface area is 201 Å². The molecular weight excluding hydrogens is 456 g/mol. The molecule has 0 spiro atoms. The molecule has 0 bridgehead atoms. The fourth-order valence-electron chi connectivity index (χ4n) is 3.05. The van der Waals surface area contributed by atoms with Gasteiger partial charge in [0.15, 0.2) is 16.4 Å². The summed E-state index contributed by atoms with van der Waals surface area (Å²) in [5.41, 5.74) is 1.82. The molecular formula is C25H32N2O6S. The number of benzene rings is 2. The lowest BCUT2D eigenvalue weighted by atomic mass is 9.86. The highest BCUT2D eigenvalue weighted by atomic mass is 32.2. The quantitative estimate of drug-likeness (QED) is 0.550. The van der Waals surface area contributed by atoms with Crippen LogP contribution in [-0.4, -0.2) is 45.1 Å². The van der Waals surface area contributed by atoms with Gasteiger partial charge in [-0.2, -0.15) is 0 Å². The molecule has 0 aliphatic rings. The normalized spacial score (nSPS) is 12.7. The number of carbonyl (C=O) groups excluding carboxylic acids is 3. The van der Waals surface area contributed by atoms with E-state index < -0.39 is 40.3 Å². The highest BCUT2D eigenvalue weighted by Crippen LogP contribution is 2.22. The lowest BCUT2D eigenvalue weighted by molar-refractivity contribution is -0.150. The maximum Gasteiger partial charge on any atom is 0.329 e. The van der Waals surface area contributed by atoms with Gasteiger partial charge in [0.2, 0.25) is 0 Å². The van der Waals surface area contributed by atoms with Crippen LogP contribution in [0, 0.1) is 5.92 Å². The molecule has 0 saturated heterocycles. The summed E-state index contributed by atoms with van der Waals surface area (Å²) in [6.45, 7) is 9.21. The predicted octanol–water partition coefficient (Wildman–Crippen LogP) is 3.32. The third-order valence-corrected chi connectivity index (χ3v) is 6.26. The summed E-state index contributed by atoms with van der Waals surface area (Å²) in [7, 11) is -3.34. The van der Waals surface area contributed by atoms with Crippen molar-refractivity contribution in [1.82, 2.24) is 5.32 Å². The molecule has 2 aromatic rings. The molecule has 0 saturated carbocycles. The van der Waals surface area contributed by atoms with Crippen LogP contribution in [0.5, 0.6) is 0 Å². The first-order valence-corrected chi connectivity index (χ1v) is 12.8. The molecule has 0 aromatic heterocycles. The lowest BCUT2D eigenvalue weighted by Gasteiger charge is -2.22. The molecule has 8 nitrogen and oxygen atoms in total. The zero-order chi connectivity index (χ0) is 25.7. The topological polar surface area (TPSA) is 119 Å². The van der Waals surface area contributed by atoms with E-state index in [9.17, 15) is 22.8 Å². The molecule has 0 aliphatic heterocycles. The van der Waals surface area contributed by atoms with Gasteiger partial charge in [0.1, 0.15) is 6.04 Å². The van der Waals surface area contributed by atoms with E-state index in [1.807, 2.05) is 12.1 Å². The molecule has 2 amide bonds. The van der Waals surface area contributed by atoms with Crippen molar-refractivity contribution in [2.24, 2.45) is 5.92 Å². The van der Waals surface area contributed by atoms with Crippen molar-refractivity contribution in [2.45, 2.75) is 51.0 Å². The molecule has 0 unspecified atom stereocenters. The van der Waals surface area contributed by atoms with E-state index in [1.54, 1.807) is 26.0 Å². The maximum atomic E-state index is 12.7. The number of ether oxygens (including phenoxy) is 1. The van der Waals surface area contributed by atoms with Crippen molar-refractivity contribution >= 4 is 33.3 Å². The van der Waals surface area contributed by atoms with Gasteiger partial charge < -0.3 is 15.4 Å². The van der Waals surface area contributed by atoms with E-state index in [1.165, 1.54) is 24.3 Å². The number of anilines is 1. The summed E-state index contributed by atoms with van der Waals surface area (Å²) >= 11 is 0. The summed E-state index contributed by atoms with van der Waals surface area (Å²) in [6, 6.07) is 11.9. The van der Waals surface area contributed by atoms with Gasteiger partial charge in [0.25, 0.3) is 11.8 Å². The highest BCUT2D eigenvalue weighted by molar-refractivity contribution is 7.90. The van der Waals surface area contributed by atoms with Crippen LogP contribution in [0.1, 0.15) is 50.5 Å². The molecule has 9 heteroatoms. The predicted molar refractivity (Wildman–Crippen MR) is 130 cm³/mol. The minimum atomic E-state index is -3.34. The second-order valence-electron chi connectivity index (χ2n) is 9.47. The number of amides is 2. The van der Waals surface area contributed by atoms with E-state index >= 15 is 0 Å². The number of carbonyl (C=O) groups is 3. The van der Waals surface area contributed by atoms with Crippen LogP contribution in [0.3, 0.4) is 0 Å². The Balaban J connectivity index is 1.95. The molecule has 1 atom stereocenters. The van der Waals surface area contributed by atoms with Crippen molar-refractivity contribution in [2.75, 3.05) is 18.2 Å². The Kier molecular flexibility index (Phi) is 8.61. The first-order chi connectivity index (χ1) is 15.7. The van der Waals surface area contributed by atoms with Gasteiger partial charge in [-0.25, -0.2) is 13.2 Å². The van der Waals surface area contributed by atoms with Crippen LogP contribution in [0.4, 0.5) is 5.69 Å². The van der Waals surface area contributed by atoms with E-state index in [0.717, 1.165) is 11.8 Å². The maximum absolute atomic E-state index is 12.7. The van der Waals surface area contributed by atoms with Crippen molar-refractivity contribution < 1.29 is 27.5 Å². The van der Waals surface area contributed by atoms with Crippen molar-refractivity contribution in [3.63, 3.8) is 0 Å². The first kappa shape index (κ1) is 27.0. The second-order valence-corrected chi connectivity index (χ2v) is 11.5. The summed E-state index contributed by atoms with van der Waals surface area (Å²) in [4.78, 5) is 37.5. The van der Waals surface area contributed by atoms with Gasteiger partial charge in [-0.05, 0) is 53.3 Å². The van der Waals surface area contributed by atoms with Crippen LogP contribution >= 0.6 is 0 Å². The fraction of sp³-hybridized carbons (Fsp3) is 0.400. The molecule has 0 fully saturated rings. The van der Waals surface area contributed by atoms with Crippen molar-refractivity contribution in [3.05, 3.63) is 59.7 Å². The zero-order valence-electron chi connectivity index (χ0n) is 20.3. The number of hydrogen-bond donors (Lipinski definition) is 2. The van der Waals surface area contributed by atoms with Gasteiger partial charge in [-0.1, -0.05) is 46.8 Å². The van der Waals surface area contributed by atoms with Gasteiger partial charge in [-0.15, -0.1) is 0 Å². The molecule has 0 heterocycles. The molecule has 2 N–H and O–H groups in total. The molecule has 0 aliphatic carbocycles. The van der Waals surface area contributed by atoms with Gasteiger partial charge in [0.05, 0.1) is 4.90 Å². The van der Waals surface area contributed by atoms with E-state index in [2.05, 4.69) is 31.4 Å². The van der Waals surface area contributed by atoms with Crippen LogP contribution in [-0.2, 0) is 29.6 Å². The fourth-order valence-corrected chi connectivity index (χ4v) is 3.68. The van der Waals surface area contributed by atoms with Gasteiger partial charge >= 0.3 is 5.97 Å². The summed E-state index contributed by atoms with van der Waals surface area (Å²) in [5.74, 6) is -1.99. The summed E-state index contributed by atoms with van der Waals surface area (Å²) in [5, 5.41) is 5.21. The highest BCUT2D eigenvalue weighted by Gasteiger charge is 2.27. The SMILES string of the molecule is CC(C)[C@H](NC(=O)c1ccc(C(C)(C)C)cc1)C(=O)OCC(=O)Nc1ccc(S(C)(=O)=O)cc1. The molecule has 34 heavy (non-hydrogen) atoms. The average Bonchev–Trinajstić information content (AvgIpc) is 2.74. The van der Waals surface area contributed by atoms with Gasteiger partial charge in [-0.3, -0.25) is 9.59 Å². The van der Waals surface area contributed by atoms with E-state index in [4.69, 9.17) is 4.74 Å². The lowest BCUT2D eigenvalue weighted by Crippen LogP contribution is -2.46. The van der Waals surface area contributed by atoms with E-state index in [0.29, 0.717) is 11.3 Å². The van der Waals surface area contributed by atoms with Crippen LogP contribution < -0.4 is 10.6 Å². The third kappa shape index (κ3) is 7.69. The standard InChI is InChI=1S/C25H32N2O6S/c1-16(2)22(27-23(29)17-7-9-18(10-8-17)25(3,4)5)24(30)33-15-21(28)26-19-11-13-20(14-12-19)34(6,31)32/h7-14,16,22H,15H2,1-6H3,(H,26,28)(H,27,29)/t22-/m0/s1. The first-order valence-electron chi connectivity index (χ1n) is 10.9. The Morgan fingerprint density at radius 3 is 1.97 bits per heavy atom. The molecule has 2 rings (SSSR count). The summed E-state index contributed by atoms with van der Waals surface area (Å²) < 4.78 is 28.1. The number of esters is 1. The average molecular weight is 489 g/mol. The van der Waals surface area contributed by atoms with Crippen molar-refractivity contribution in [1.29, 1.82) is 0 Å². The molecule has 184 valence electrons. The minimum absolute atomic E-state index is 0.0460. The van der Waals surface area contributed by atoms with Crippen LogP contribution in [0.25, 0.3) is 0 Å². The number of nitrogens with one attached hydrogen (secondary N) is 2. The summed E-state index contributed by atoms with van der Waals surface area (Å²) in [6.07, 6.45) is 1.09. The number of sulfone groups is 1. The smallest absolute Gasteiger partial charge is 0.329 e. The monoisotopic (exact) mass is 488 g/mol. The van der Waals surface area contributed by atoms with Crippen LogP contribution in [0.15, 0.2) is 53.4 Å². The Bertz CT molecular complexity index is 1130. The zero-order valence-corrected chi connectivity index (χ0v) is 21.2.